The zero-order valence-electron chi connectivity index (χ0n) is 11.8. The molecule has 120 valence electrons. The Bertz CT molecular complexity index is 618. The second-order valence-corrected chi connectivity index (χ2v) is 5.46. The molecule has 3 rings (SSSR count). The van der Waals surface area contributed by atoms with E-state index in [2.05, 4.69) is 25.9 Å². The molecular weight excluding hydrogens is 299 g/mol. The molecule has 0 radical (unpaired) electrons. The molecule has 1 N–H and O–H groups in total. The van der Waals surface area contributed by atoms with Crippen LogP contribution in [-0.2, 0) is 0 Å². The standard InChI is InChI=1S/C12H16F3N7/c13-12(14,15)8-21-5-3-9(4-6-21)7-16-10-1-2-11-17-19-20-22(11)18-10/h1-2,9H,3-8H2,(H,16,18). The summed E-state index contributed by atoms with van der Waals surface area (Å²) in [6.07, 6.45) is -2.62. The lowest BCUT2D eigenvalue weighted by atomic mass is 9.97. The second kappa shape index (κ2) is 6.03. The lowest BCUT2D eigenvalue weighted by Gasteiger charge is -2.32. The third-order valence-corrected chi connectivity index (χ3v) is 3.75. The summed E-state index contributed by atoms with van der Waals surface area (Å²) in [5, 5.41) is 18.4. The van der Waals surface area contributed by atoms with Gasteiger partial charge in [-0.3, -0.25) is 4.90 Å². The van der Waals surface area contributed by atoms with Crippen molar-refractivity contribution >= 4 is 11.5 Å². The summed E-state index contributed by atoms with van der Waals surface area (Å²) in [6.45, 7) is 0.821. The SMILES string of the molecule is FC(F)(F)CN1CCC(CNc2ccc3nnnn3n2)CC1. The monoisotopic (exact) mass is 315 g/mol. The number of halogens is 3. The first kappa shape index (κ1) is 14.9. The van der Waals surface area contributed by atoms with Gasteiger partial charge in [0.05, 0.1) is 6.54 Å². The lowest BCUT2D eigenvalue weighted by Crippen LogP contribution is -2.41. The number of anilines is 1. The van der Waals surface area contributed by atoms with E-state index in [1.54, 1.807) is 12.1 Å². The number of hydrogen-bond donors (Lipinski definition) is 1. The maximum Gasteiger partial charge on any atom is 0.401 e. The van der Waals surface area contributed by atoms with Crippen molar-refractivity contribution in [2.45, 2.75) is 19.0 Å². The van der Waals surface area contributed by atoms with E-state index < -0.39 is 12.7 Å². The molecule has 2 aromatic rings. The lowest BCUT2D eigenvalue weighted by molar-refractivity contribution is -0.148. The van der Waals surface area contributed by atoms with Crippen LogP contribution in [0.4, 0.5) is 19.0 Å². The third kappa shape index (κ3) is 3.81. The number of piperidine rings is 1. The van der Waals surface area contributed by atoms with Gasteiger partial charge >= 0.3 is 6.18 Å². The average molecular weight is 315 g/mol. The number of nitrogens with one attached hydrogen (secondary N) is 1. The quantitative estimate of drug-likeness (QED) is 0.914. The van der Waals surface area contributed by atoms with Crippen LogP contribution in [0.2, 0.25) is 0 Å². The molecule has 1 saturated heterocycles. The van der Waals surface area contributed by atoms with Crippen molar-refractivity contribution in [2.24, 2.45) is 5.92 Å². The molecule has 1 fully saturated rings. The molecule has 0 saturated carbocycles. The molecule has 7 nitrogen and oxygen atoms in total. The molecule has 1 aliphatic rings. The summed E-state index contributed by atoms with van der Waals surface area (Å²) < 4.78 is 38.3. The summed E-state index contributed by atoms with van der Waals surface area (Å²) in [4.78, 5) is 1.46. The number of tetrazole rings is 1. The van der Waals surface area contributed by atoms with Crippen LogP contribution in [0.5, 0.6) is 0 Å². The Balaban J connectivity index is 1.47. The molecule has 10 heteroatoms. The largest absolute Gasteiger partial charge is 0.401 e. The number of hydrogen-bond acceptors (Lipinski definition) is 6. The van der Waals surface area contributed by atoms with Gasteiger partial charge in [0.25, 0.3) is 0 Å². The smallest absolute Gasteiger partial charge is 0.368 e. The molecule has 0 bridgehead atoms. The van der Waals surface area contributed by atoms with Crippen LogP contribution in [-0.4, -0.2) is 62.5 Å². The van der Waals surface area contributed by atoms with Crippen molar-refractivity contribution in [3.8, 4) is 0 Å². The van der Waals surface area contributed by atoms with Crippen molar-refractivity contribution in [3.63, 3.8) is 0 Å². The predicted octanol–water partition coefficient (Wildman–Crippen LogP) is 1.21. The minimum atomic E-state index is -4.11. The summed E-state index contributed by atoms with van der Waals surface area (Å²) in [5.74, 6) is 0.994. The van der Waals surface area contributed by atoms with Crippen LogP contribution in [0.15, 0.2) is 12.1 Å². The Labute approximate surface area is 124 Å². The first-order valence-corrected chi connectivity index (χ1v) is 7.08. The molecule has 2 aromatic heterocycles. The minimum absolute atomic E-state index is 0.343. The van der Waals surface area contributed by atoms with E-state index in [0.717, 1.165) is 12.8 Å². The molecule has 0 spiro atoms. The van der Waals surface area contributed by atoms with Gasteiger partial charge in [-0.25, -0.2) is 0 Å². The van der Waals surface area contributed by atoms with E-state index in [-0.39, 0.29) is 0 Å². The zero-order chi connectivity index (χ0) is 15.6. The number of alkyl halides is 3. The van der Waals surface area contributed by atoms with E-state index in [9.17, 15) is 13.2 Å². The van der Waals surface area contributed by atoms with Gasteiger partial charge in [-0.15, -0.1) is 14.8 Å². The molecule has 0 atom stereocenters. The number of nitrogens with zero attached hydrogens (tertiary/aromatic N) is 6. The maximum atomic E-state index is 12.3. The Morgan fingerprint density at radius 2 is 2.00 bits per heavy atom. The summed E-state index contributed by atoms with van der Waals surface area (Å²) in [7, 11) is 0. The van der Waals surface area contributed by atoms with E-state index >= 15 is 0 Å². The van der Waals surface area contributed by atoms with Gasteiger partial charge in [0, 0.05) is 6.54 Å². The summed E-state index contributed by atoms with van der Waals surface area (Å²) in [6, 6.07) is 3.53. The van der Waals surface area contributed by atoms with E-state index in [1.165, 1.54) is 9.53 Å². The Morgan fingerprint density at radius 1 is 1.23 bits per heavy atom. The van der Waals surface area contributed by atoms with Crippen LogP contribution >= 0.6 is 0 Å². The molecule has 0 aliphatic carbocycles. The number of likely N-dealkylation sites (tertiary alicyclic amines) is 1. The van der Waals surface area contributed by atoms with E-state index in [4.69, 9.17) is 0 Å². The fourth-order valence-corrected chi connectivity index (χ4v) is 2.60. The van der Waals surface area contributed by atoms with Gasteiger partial charge in [-0.05, 0) is 54.4 Å². The fraction of sp³-hybridized carbons (Fsp3) is 0.667. The van der Waals surface area contributed by atoms with Crippen LogP contribution in [0.1, 0.15) is 12.8 Å². The molecule has 1 aliphatic heterocycles. The van der Waals surface area contributed by atoms with Crippen LogP contribution in [0.3, 0.4) is 0 Å². The summed E-state index contributed by atoms with van der Waals surface area (Å²) >= 11 is 0. The normalized spacial score (nSPS) is 18.0. The molecule has 0 aromatic carbocycles. The van der Waals surface area contributed by atoms with Gasteiger partial charge in [0.2, 0.25) is 0 Å². The first-order chi connectivity index (χ1) is 10.5. The van der Waals surface area contributed by atoms with Gasteiger partial charge < -0.3 is 5.32 Å². The van der Waals surface area contributed by atoms with Crippen molar-refractivity contribution < 1.29 is 13.2 Å². The Kier molecular flexibility index (Phi) is 4.10. The van der Waals surface area contributed by atoms with Crippen molar-refractivity contribution in [1.82, 2.24) is 30.2 Å². The van der Waals surface area contributed by atoms with Crippen LogP contribution < -0.4 is 5.32 Å². The number of rotatable bonds is 4. The summed E-state index contributed by atoms with van der Waals surface area (Å²) in [5.41, 5.74) is 0.561. The van der Waals surface area contributed by atoms with Gasteiger partial charge in [-0.2, -0.15) is 13.2 Å². The van der Waals surface area contributed by atoms with Gasteiger partial charge in [0.1, 0.15) is 5.82 Å². The first-order valence-electron chi connectivity index (χ1n) is 7.08. The van der Waals surface area contributed by atoms with Crippen molar-refractivity contribution in [2.75, 3.05) is 31.5 Å². The van der Waals surface area contributed by atoms with Gasteiger partial charge in [-0.1, -0.05) is 0 Å². The highest BCUT2D eigenvalue weighted by Crippen LogP contribution is 2.22. The number of fused-ring (bicyclic) bond motifs is 1. The highest BCUT2D eigenvalue weighted by Gasteiger charge is 2.32. The predicted molar refractivity (Wildman–Crippen MR) is 72.3 cm³/mol. The van der Waals surface area contributed by atoms with E-state index in [0.29, 0.717) is 37.0 Å². The topological polar surface area (TPSA) is 71.2 Å². The highest BCUT2D eigenvalue weighted by molar-refractivity contribution is 5.42. The molecule has 22 heavy (non-hydrogen) atoms. The van der Waals surface area contributed by atoms with E-state index in [1.807, 2.05) is 0 Å². The highest BCUT2D eigenvalue weighted by atomic mass is 19.4. The molecule has 0 amide bonds. The molecule has 3 heterocycles. The third-order valence-electron chi connectivity index (χ3n) is 3.75. The fourth-order valence-electron chi connectivity index (χ4n) is 2.60. The number of aromatic nitrogens is 5. The molecular formula is C12H16F3N7. The average Bonchev–Trinajstić information content (AvgIpc) is 2.92. The van der Waals surface area contributed by atoms with Crippen LogP contribution in [0.25, 0.3) is 5.65 Å². The Morgan fingerprint density at radius 3 is 2.73 bits per heavy atom. The van der Waals surface area contributed by atoms with Gasteiger partial charge in [0.15, 0.2) is 5.65 Å². The van der Waals surface area contributed by atoms with Crippen molar-refractivity contribution in [3.05, 3.63) is 12.1 Å². The molecule has 0 unspecified atom stereocenters. The van der Waals surface area contributed by atoms with Crippen molar-refractivity contribution in [1.29, 1.82) is 0 Å². The Hall–Kier alpha value is -1.97. The second-order valence-electron chi connectivity index (χ2n) is 5.46. The zero-order valence-corrected chi connectivity index (χ0v) is 11.8. The minimum Gasteiger partial charge on any atom is -0.368 e. The maximum absolute atomic E-state index is 12.3. The van der Waals surface area contributed by atoms with Crippen LogP contribution in [0, 0.1) is 5.92 Å².